The number of nitrogens with one attached hydrogen (secondary N) is 1. The minimum absolute atomic E-state index is 0.295. The molecular weight excluding hydrogens is 310 g/mol. The number of amides is 1. The second-order valence-electron chi connectivity index (χ2n) is 5.28. The third kappa shape index (κ3) is 4.25. The highest BCUT2D eigenvalue weighted by Crippen LogP contribution is 2.26. The molecule has 0 heterocycles. The molecule has 2 rings (SSSR count). The summed E-state index contributed by atoms with van der Waals surface area (Å²) < 4.78 is 10.5. The molecule has 0 spiro atoms. The molecule has 2 N–H and O–H groups in total. The number of methoxy groups -OCH3 is 1. The van der Waals surface area contributed by atoms with Gasteiger partial charge in [0, 0.05) is 5.56 Å². The molecular formula is C18H19NO5. The van der Waals surface area contributed by atoms with Gasteiger partial charge in [-0.1, -0.05) is 6.07 Å². The van der Waals surface area contributed by atoms with E-state index in [9.17, 15) is 9.59 Å². The zero-order valence-corrected chi connectivity index (χ0v) is 13.7. The van der Waals surface area contributed by atoms with Gasteiger partial charge in [-0.2, -0.15) is 0 Å². The highest BCUT2D eigenvalue weighted by molar-refractivity contribution is 6.05. The lowest BCUT2D eigenvalue weighted by Gasteiger charge is -2.12. The Labute approximate surface area is 140 Å². The van der Waals surface area contributed by atoms with Gasteiger partial charge < -0.3 is 19.9 Å². The van der Waals surface area contributed by atoms with E-state index in [0.29, 0.717) is 22.7 Å². The third-order valence-corrected chi connectivity index (χ3v) is 3.38. The Morgan fingerprint density at radius 1 is 1.12 bits per heavy atom. The van der Waals surface area contributed by atoms with E-state index >= 15 is 0 Å². The molecule has 2 aromatic carbocycles. The Morgan fingerprint density at radius 3 is 2.38 bits per heavy atom. The summed E-state index contributed by atoms with van der Waals surface area (Å²) in [5, 5.41) is 11.6. The summed E-state index contributed by atoms with van der Waals surface area (Å²) in [5.41, 5.74) is 2.01. The first-order valence-electron chi connectivity index (χ1n) is 7.36. The molecule has 1 atom stereocenters. The predicted molar refractivity (Wildman–Crippen MR) is 89.9 cm³/mol. The van der Waals surface area contributed by atoms with Crippen molar-refractivity contribution in [2.45, 2.75) is 20.0 Å². The zero-order valence-electron chi connectivity index (χ0n) is 13.7. The van der Waals surface area contributed by atoms with Gasteiger partial charge in [0.2, 0.25) is 0 Å². The first kappa shape index (κ1) is 17.3. The van der Waals surface area contributed by atoms with E-state index < -0.39 is 12.1 Å². The van der Waals surface area contributed by atoms with Crippen molar-refractivity contribution in [1.29, 1.82) is 0 Å². The zero-order chi connectivity index (χ0) is 17.7. The number of carbonyl (C=O) groups excluding carboxylic acids is 1. The molecule has 126 valence electrons. The van der Waals surface area contributed by atoms with Gasteiger partial charge in [-0.3, -0.25) is 4.79 Å². The molecule has 0 saturated carbocycles. The van der Waals surface area contributed by atoms with Crippen LogP contribution in [0.3, 0.4) is 0 Å². The fourth-order valence-electron chi connectivity index (χ4n) is 2.05. The van der Waals surface area contributed by atoms with E-state index in [4.69, 9.17) is 14.6 Å². The summed E-state index contributed by atoms with van der Waals surface area (Å²) in [6.45, 7) is 3.36. The molecule has 6 nitrogen and oxygen atoms in total. The molecule has 24 heavy (non-hydrogen) atoms. The monoisotopic (exact) mass is 329 g/mol. The van der Waals surface area contributed by atoms with Crippen molar-refractivity contribution < 1.29 is 24.2 Å². The molecule has 6 heteroatoms. The highest BCUT2D eigenvalue weighted by atomic mass is 16.5. The van der Waals surface area contributed by atoms with Crippen LogP contribution in [-0.2, 0) is 4.79 Å². The standard InChI is InChI=1S/C18H19NO5/c1-11-4-9-16(23-3)15(10-11)19-17(20)13-5-7-14(8-6-13)24-12(2)18(21)22/h4-10,12H,1-3H3,(H,19,20)(H,21,22)/t12-/m1/s1. The summed E-state index contributed by atoms with van der Waals surface area (Å²) in [4.78, 5) is 23.1. The molecule has 2 aromatic rings. The number of rotatable bonds is 6. The van der Waals surface area contributed by atoms with Gasteiger partial charge in [0.05, 0.1) is 12.8 Å². The molecule has 0 aromatic heterocycles. The summed E-state index contributed by atoms with van der Waals surface area (Å²) >= 11 is 0. The molecule has 0 aliphatic heterocycles. The van der Waals surface area contributed by atoms with Crippen LogP contribution in [0.25, 0.3) is 0 Å². The van der Waals surface area contributed by atoms with Crippen molar-refractivity contribution in [2.24, 2.45) is 0 Å². The summed E-state index contributed by atoms with van der Waals surface area (Å²) in [6.07, 6.45) is -0.957. The second kappa shape index (κ2) is 7.50. The number of carboxylic acids is 1. The van der Waals surface area contributed by atoms with Gasteiger partial charge >= 0.3 is 5.97 Å². The van der Waals surface area contributed by atoms with Crippen LogP contribution in [0.15, 0.2) is 42.5 Å². The van der Waals surface area contributed by atoms with Crippen molar-refractivity contribution in [3.05, 3.63) is 53.6 Å². The van der Waals surface area contributed by atoms with Crippen LogP contribution in [0.2, 0.25) is 0 Å². The largest absolute Gasteiger partial charge is 0.495 e. The van der Waals surface area contributed by atoms with Crippen molar-refractivity contribution in [1.82, 2.24) is 0 Å². The topological polar surface area (TPSA) is 84.9 Å². The number of hydrogen-bond donors (Lipinski definition) is 2. The Hall–Kier alpha value is -3.02. The lowest BCUT2D eigenvalue weighted by atomic mass is 10.1. The third-order valence-electron chi connectivity index (χ3n) is 3.38. The normalized spacial score (nSPS) is 11.5. The van der Waals surface area contributed by atoms with Crippen LogP contribution in [-0.4, -0.2) is 30.2 Å². The van der Waals surface area contributed by atoms with E-state index in [1.165, 1.54) is 14.0 Å². The molecule has 1 amide bonds. The van der Waals surface area contributed by atoms with Crippen LogP contribution in [0, 0.1) is 6.92 Å². The number of carboxylic acid groups (broad SMARTS) is 1. The number of carbonyl (C=O) groups is 2. The number of anilines is 1. The Balaban J connectivity index is 2.10. The van der Waals surface area contributed by atoms with E-state index in [-0.39, 0.29) is 5.91 Å². The van der Waals surface area contributed by atoms with E-state index in [2.05, 4.69) is 5.32 Å². The molecule has 0 aliphatic rings. The molecule has 0 unspecified atom stereocenters. The Kier molecular flexibility index (Phi) is 5.42. The maximum absolute atomic E-state index is 12.3. The second-order valence-corrected chi connectivity index (χ2v) is 5.28. The highest BCUT2D eigenvalue weighted by Gasteiger charge is 2.14. The Morgan fingerprint density at radius 2 is 1.79 bits per heavy atom. The van der Waals surface area contributed by atoms with E-state index in [0.717, 1.165) is 5.56 Å². The average molecular weight is 329 g/mol. The lowest BCUT2D eigenvalue weighted by molar-refractivity contribution is -0.144. The fourth-order valence-corrected chi connectivity index (χ4v) is 2.05. The number of benzene rings is 2. The van der Waals surface area contributed by atoms with Gasteiger partial charge in [0.25, 0.3) is 5.91 Å². The summed E-state index contributed by atoms with van der Waals surface area (Å²) in [5.74, 6) is -0.390. The summed E-state index contributed by atoms with van der Waals surface area (Å²) in [6, 6.07) is 11.8. The fraction of sp³-hybridized carbons (Fsp3) is 0.222. The minimum atomic E-state index is -1.05. The van der Waals surface area contributed by atoms with E-state index in [1.807, 2.05) is 19.1 Å². The minimum Gasteiger partial charge on any atom is -0.495 e. The molecule has 0 radical (unpaired) electrons. The predicted octanol–water partition coefficient (Wildman–Crippen LogP) is 3.11. The number of ether oxygens (including phenoxy) is 2. The molecule has 0 aliphatic carbocycles. The van der Waals surface area contributed by atoms with Crippen LogP contribution in [0.5, 0.6) is 11.5 Å². The van der Waals surface area contributed by atoms with Crippen LogP contribution < -0.4 is 14.8 Å². The van der Waals surface area contributed by atoms with Gasteiger partial charge in [-0.05, 0) is 55.8 Å². The number of aryl methyl sites for hydroxylation is 1. The van der Waals surface area contributed by atoms with Crippen LogP contribution >= 0.6 is 0 Å². The number of aliphatic carboxylic acids is 1. The van der Waals surface area contributed by atoms with Crippen LogP contribution in [0.1, 0.15) is 22.8 Å². The SMILES string of the molecule is COc1ccc(C)cc1NC(=O)c1ccc(O[C@H](C)C(=O)O)cc1. The van der Waals surface area contributed by atoms with Gasteiger partial charge in [0.1, 0.15) is 11.5 Å². The van der Waals surface area contributed by atoms with Gasteiger partial charge in [-0.15, -0.1) is 0 Å². The van der Waals surface area contributed by atoms with Gasteiger partial charge in [0.15, 0.2) is 6.10 Å². The maximum atomic E-state index is 12.3. The van der Waals surface area contributed by atoms with Crippen molar-refractivity contribution in [3.8, 4) is 11.5 Å². The molecule has 0 saturated heterocycles. The smallest absolute Gasteiger partial charge is 0.344 e. The molecule has 0 bridgehead atoms. The average Bonchev–Trinajstić information content (AvgIpc) is 2.55. The maximum Gasteiger partial charge on any atom is 0.344 e. The molecule has 0 fully saturated rings. The van der Waals surface area contributed by atoms with Gasteiger partial charge in [-0.25, -0.2) is 4.79 Å². The summed E-state index contributed by atoms with van der Waals surface area (Å²) in [7, 11) is 1.54. The first-order chi connectivity index (χ1) is 11.4. The van der Waals surface area contributed by atoms with Crippen molar-refractivity contribution >= 4 is 17.6 Å². The van der Waals surface area contributed by atoms with Crippen molar-refractivity contribution in [3.63, 3.8) is 0 Å². The number of hydrogen-bond acceptors (Lipinski definition) is 4. The van der Waals surface area contributed by atoms with Crippen LogP contribution in [0.4, 0.5) is 5.69 Å². The van der Waals surface area contributed by atoms with Crippen molar-refractivity contribution in [2.75, 3.05) is 12.4 Å². The lowest BCUT2D eigenvalue weighted by Crippen LogP contribution is -2.22. The quantitative estimate of drug-likeness (QED) is 0.850. The van der Waals surface area contributed by atoms with E-state index in [1.54, 1.807) is 30.3 Å². The first-order valence-corrected chi connectivity index (χ1v) is 7.36. The Bertz CT molecular complexity index is 740.